The molecule has 1 heterocycles. The van der Waals surface area contributed by atoms with Crippen LogP contribution in [0.5, 0.6) is 5.75 Å². The van der Waals surface area contributed by atoms with Gasteiger partial charge in [-0.2, -0.15) is 4.98 Å². The van der Waals surface area contributed by atoms with Crippen molar-refractivity contribution in [1.29, 1.82) is 0 Å². The van der Waals surface area contributed by atoms with Gasteiger partial charge in [0.25, 0.3) is 0 Å². The Bertz CT molecular complexity index is 904. The van der Waals surface area contributed by atoms with E-state index in [1.807, 2.05) is 31.2 Å². The summed E-state index contributed by atoms with van der Waals surface area (Å²) in [6, 6.07) is 13.6. The van der Waals surface area contributed by atoms with Crippen LogP contribution in [0.3, 0.4) is 0 Å². The summed E-state index contributed by atoms with van der Waals surface area (Å²) in [4.78, 5) is 8.79. The lowest BCUT2D eigenvalue weighted by Crippen LogP contribution is -2.02. The molecule has 3 rings (SSSR count). The summed E-state index contributed by atoms with van der Waals surface area (Å²) in [5.74, 6) is 1.27. The highest BCUT2D eigenvalue weighted by Gasteiger charge is 2.06. The normalized spacial score (nSPS) is 10.4. The Morgan fingerprint density at radius 1 is 1.00 bits per heavy atom. The van der Waals surface area contributed by atoms with Crippen LogP contribution in [-0.2, 0) is 0 Å². The molecule has 0 fully saturated rings. The molecular formula is C18H16ClFN4O. The molecule has 25 heavy (non-hydrogen) atoms. The van der Waals surface area contributed by atoms with Crippen molar-refractivity contribution in [3.8, 4) is 5.75 Å². The van der Waals surface area contributed by atoms with Crippen LogP contribution in [0.25, 0.3) is 0 Å². The molecule has 0 aliphatic heterocycles. The number of hydrogen-bond donors (Lipinski definition) is 2. The van der Waals surface area contributed by atoms with E-state index in [9.17, 15) is 4.39 Å². The molecule has 0 saturated heterocycles. The van der Waals surface area contributed by atoms with Crippen LogP contribution in [0.4, 0.5) is 27.5 Å². The highest BCUT2D eigenvalue weighted by molar-refractivity contribution is 6.31. The van der Waals surface area contributed by atoms with E-state index in [0.717, 1.165) is 17.1 Å². The van der Waals surface area contributed by atoms with Gasteiger partial charge in [0.05, 0.1) is 12.1 Å². The number of aryl methyl sites for hydroxylation is 1. The van der Waals surface area contributed by atoms with E-state index in [-0.39, 0.29) is 5.02 Å². The maximum Gasteiger partial charge on any atom is 0.229 e. The van der Waals surface area contributed by atoms with Crippen molar-refractivity contribution in [3.05, 3.63) is 65.1 Å². The van der Waals surface area contributed by atoms with Crippen LogP contribution in [-0.4, -0.2) is 17.1 Å². The van der Waals surface area contributed by atoms with Crippen LogP contribution in [0.15, 0.2) is 48.5 Å². The van der Waals surface area contributed by atoms with E-state index in [1.54, 1.807) is 19.2 Å². The number of anilines is 4. The Hall–Kier alpha value is -2.86. The van der Waals surface area contributed by atoms with Crippen molar-refractivity contribution in [1.82, 2.24) is 9.97 Å². The Labute approximate surface area is 149 Å². The lowest BCUT2D eigenvalue weighted by molar-refractivity contribution is 0.415. The van der Waals surface area contributed by atoms with Crippen molar-refractivity contribution in [2.75, 3.05) is 17.7 Å². The molecular weight excluding hydrogens is 343 g/mol. The predicted octanol–water partition coefficient (Wildman–Crippen LogP) is 5.07. The first-order valence-electron chi connectivity index (χ1n) is 7.52. The molecule has 0 radical (unpaired) electrons. The Balaban J connectivity index is 1.83. The van der Waals surface area contributed by atoms with Gasteiger partial charge >= 0.3 is 0 Å². The van der Waals surface area contributed by atoms with Crippen LogP contribution in [0, 0.1) is 12.7 Å². The molecule has 7 heteroatoms. The average Bonchev–Trinajstić information content (AvgIpc) is 2.58. The first-order valence-corrected chi connectivity index (χ1v) is 7.90. The molecule has 0 atom stereocenters. The lowest BCUT2D eigenvalue weighted by atomic mass is 10.3. The van der Waals surface area contributed by atoms with E-state index >= 15 is 0 Å². The highest BCUT2D eigenvalue weighted by atomic mass is 35.5. The number of benzene rings is 2. The molecule has 5 nitrogen and oxygen atoms in total. The average molecular weight is 359 g/mol. The minimum absolute atomic E-state index is 0.0468. The number of ether oxygens (including phenoxy) is 1. The zero-order valence-corrected chi connectivity index (χ0v) is 14.4. The van der Waals surface area contributed by atoms with E-state index in [4.69, 9.17) is 16.3 Å². The fourth-order valence-electron chi connectivity index (χ4n) is 2.24. The van der Waals surface area contributed by atoms with Crippen molar-refractivity contribution in [3.63, 3.8) is 0 Å². The van der Waals surface area contributed by atoms with Gasteiger partial charge in [-0.25, -0.2) is 9.37 Å². The molecule has 1 aromatic heterocycles. The molecule has 0 saturated carbocycles. The molecule has 3 aromatic rings. The van der Waals surface area contributed by atoms with E-state index in [0.29, 0.717) is 17.5 Å². The summed E-state index contributed by atoms with van der Waals surface area (Å²) in [7, 11) is 1.61. The van der Waals surface area contributed by atoms with Gasteiger partial charge in [0.1, 0.15) is 17.4 Å². The van der Waals surface area contributed by atoms with Gasteiger partial charge in [-0.3, -0.25) is 0 Å². The van der Waals surface area contributed by atoms with Crippen molar-refractivity contribution >= 4 is 34.7 Å². The number of rotatable bonds is 5. The largest absolute Gasteiger partial charge is 0.497 e. The summed E-state index contributed by atoms with van der Waals surface area (Å²) in [6.07, 6.45) is 0. The lowest BCUT2D eigenvalue weighted by Gasteiger charge is -2.11. The summed E-state index contributed by atoms with van der Waals surface area (Å²) >= 11 is 5.81. The van der Waals surface area contributed by atoms with Gasteiger partial charge in [-0.05, 0) is 37.3 Å². The zero-order chi connectivity index (χ0) is 17.8. The third-order valence-electron chi connectivity index (χ3n) is 3.37. The van der Waals surface area contributed by atoms with Crippen molar-refractivity contribution in [2.45, 2.75) is 6.92 Å². The van der Waals surface area contributed by atoms with Crippen molar-refractivity contribution in [2.24, 2.45) is 0 Å². The highest BCUT2D eigenvalue weighted by Crippen LogP contribution is 2.24. The van der Waals surface area contributed by atoms with E-state index in [2.05, 4.69) is 20.6 Å². The minimum Gasteiger partial charge on any atom is -0.497 e. The monoisotopic (exact) mass is 358 g/mol. The Morgan fingerprint density at radius 3 is 2.56 bits per heavy atom. The van der Waals surface area contributed by atoms with Gasteiger partial charge in [0, 0.05) is 29.2 Å². The molecule has 0 unspecified atom stereocenters. The number of halogens is 2. The Morgan fingerprint density at radius 2 is 1.80 bits per heavy atom. The Kier molecular flexibility index (Phi) is 5.00. The summed E-state index contributed by atoms with van der Waals surface area (Å²) in [5.41, 5.74) is 2.22. The third kappa shape index (κ3) is 4.36. The van der Waals surface area contributed by atoms with Crippen LogP contribution in [0.2, 0.25) is 5.02 Å². The number of nitrogens with zero attached hydrogens (tertiary/aromatic N) is 2. The summed E-state index contributed by atoms with van der Waals surface area (Å²) in [6.45, 7) is 1.86. The number of hydrogen-bond acceptors (Lipinski definition) is 5. The number of methoxy groups -OCH3 is 1. The molecule has 2 N–H and O–H groups in total. The van der Waals surface area contributed by atoms with Gasteiger partial charge in [0.15, 0.2) is 0 Å². The molecule has 0 aliphatic rings. The summed E-state index contributed by atoms with van der Waals surface area (Å²) in [5, 5.41) is 6.28. The van der Waals surface area contributed by atoms with E-state index in [1.165, 1.54) is 12.1 Å². The molecule has 0 bridgehead atoms. The van der Waals surface area contributed by atoms with Gasteiger partial charge < -0.3 is 15.4 Å². The molecule has 2 aromatic carbocycles. The zero-order valence-electron chi connectivity index (χ0n) is 13.7. The third-order valence-corrected chi connectivity index (χ3v) is 3.66. The molecule has 0 amide bonds. The SMILES string of the molecule is COc1cccc(Nc2nc(C)cc(Nc3ccc(F)c(Cl)c3)n2)c1. The molecule has 0 spiro atoms. The predicted molar refractivity (Wildman–Crippen MR) is 97.7 cm³/mol. The number of aromatic nitrogens is 2. The smallest absolute Gasteiger partial charge is 0.229 e. The fourth-order valence-corrected chi connectivity index (χ4v) is 2.42. The second-order valence-corrected chi connectivity index (χ2v) is 5.74. The van der Waals surface area contributed by atoms with Gasteiger partial charge in [-0.15, -0.1) is 0 Å². The fraction of sp³-hybridized carbons (Fsp3) is 0.111. The maximum atomic E-state index is 13.3. The minimum atomic E-state index is -0.466. The number of nitrogens with one attached hydrogen (secondary N) is 2. The topological polar surface area (TPSA) is 59.1 Å². The first-order chi connectivity index (χ1) is 12.0. The quantitative estimate of drug-likeness (QED) is 0.666. The van der Waals surface area contributed by atoms with Gasteiger partial charge in [-0.1, -0.05) is 17.7 Å². The summed E-state index contributed by atoms with van der Waals surface area (Å²) < 4.78 is 18.5. The van der Waals surface area contributed by atoms with Crippen molar-refractivity contribution < 1.29 is 9.13 Å². The second-order valence-electron chi connectivity index (χ2n) is 5.33. The van der Waals surface area contributed by atoms with Crippen LogP contribution in [0.1, 0.15) is 5.69 Å². The first kappa shape index (κ1) is 17.0. The van der Waals surface area contributed by atoms with E-state index < -0.39 is 5.82 Å². The second kappa shape index (κ2) is 7.36. The van der Waals surface area contributed by atoms with Crippen LogP contribution >= 0.6 is 11.6 Å². The maximum absolute atomic E-state index is 13.3. The standard InChI is InChI=1S/C18H16ClFN4O/c1-11-8-17(22-13-6-7-16(20)15(19)10-13)24-18(21-11)23-12-4-3-5-14(9-12)25-2/h3-10H,1-2H3,(H2,21,22,23,24). The molecule has 128 valence electrons. The van der Waals surface area contributed by atoms with Crippen LogP contribution < -0.4 is 15.4 Å². The molecule has 0 aliphatic carbocycles. The van der Waals surface area contributed by atoms with Gasteiger partial charge in [0.2, 0.25) is 5.95 Å².